The number of carbonyl (C=O) groups is 1. The Hall–Kier alpha value is -1.37. The predicted molar refractivity (Wildman–Crippen MR) is 90.5 cm³/mol. The summed E-state index contributed by atoms with van der Waals surface area (Å²) in [6.45, 7) is 1.71. The predicted octanol–water partition coefficient (Wildman–Crippen LogP) is 4.32. The number of aryl methyl sites for hydroxylation is 1. The zero-order valence-corrected chi connectivity index (χ0v) is 15.2. The smallest absolute Gasteiger partial charge is 0.272 e. The molecule has 6 nitrogen and oxygen atoms in total. The van der Waals surface area contributed by atoms with E-state index in [1.54, 1.807) is 6.92 Å². The topological polar surface area (TPSA) is 80.9 Å². The molecule has 1 aliphatic rings. The molecule has 0 unspecified atom stereocenters. The van der Waals surface area contributed by atoms with Crippen LogP contribution in [-0.4, -0.2) is 21.0 Å². The Morgan fingerprint density at radius 1 is 1.21 bits per heavy atom. The van der Waals surface area contributed by atoms with Crippen LogP contribution >= 0.6 is 34.8 Å². The minimum absolute atomic E-state index is 0.0243. The van der Waals surface area contributed by atoms with E-state index in [0.29, 0.717) is 11.7 Å². The van der Waals surface area contributed by atoms with Gasteiger partial charge in [-0.2, -0.15) is 4.98 Å². The maximum Gasteiger partial charge on any atom is 0.272 e. The molecule has 0 radical (unpaired) electrons. The number of hydrogen-bond donors (Lipinski definition) is 1. The van der Waals surface area contributed by atoms with Crippen LogP contribution in [0.2, 0.25) is 15.1 Å². The third-order valence-corrected chi connectivity index (χ3v) is 5.39. The Labute approximate surface area is 153 Å². The third kappa shape index (κ3) is 3.23. The molecule has 0 aromatic carbocycles. The van der Waals surface area contributed by atoms with E-state index in [1.807, 2.05) is 0 Å². The summed E-state index contributed by atoms with van der Waals surface area (Å²) in [6.07, 6.45) is 5.75. The Bertz CT molecular complexity index is 772. The van der Waals surface area contributed by atoms with Gasteiger partial charge in [0.1, 0.15) is 11.2 Å². The summed E-state index contributed by atoms with van der Waals surface area (Å²) < 4.78 is 5.10. The lowest BCUT2D eigenvalue weighted by Crippen LogP contribution is -2.48. The molecule has 2 heterocycles. The van der Waals surface area contributed by atoms with Gasteiger partial charge in [-0.3, -0.25) is 4.79 Å². The zero-order chi connectivity index (χ0) is 17.3. The monoisotopic (exact) mass is 388 g/mol. The number of aromatic nitrogens is 3. The first kappa shape index (κ1) is 17.5. The molecule has 0 aliphatic heterocycles. The quantitative estimate of drug-likeness (QED) is 0.845. The standard InChI is InChI=1S/C15H15Cl3N4O2/c1-8-20-14(22-24-8)15(5-3-2-4-6-15)21-13(23)12-11(18)10(17)9(16)7-19-12/h7H,2-6H2,1H3,(H,21,23). The molecule has 1 aliphatic carbocycles. The zero-order valence-electron chi connectivity index (χ0n) is 12.9. The summed E-state index contributed by atoms with van der Waals surface area (Å²) >= 11 is 18.0. The first-order valence-electron chi connectivity index (χ1n) is 7.56. The average molecular weight is 390 g/mol. The van der Waals surface area contributed by atoms with E-state index >= 15 is 0 Å². The van der Waals surface area contributed by atoms with Crippen molar-refractivity contribution in [1.82, 2.24) is 20.4 Å². The van der Waals surface area contributed by atoms with Crippen molar-refractivity contribution in [2.24, 2.45) is 0 Å². The van der Waals surface area contributed by atoms with E-state index in [4.69, 9.17) is 39.3 Å². The minimum atomic E-state index is -0.690. The van der Waals surface area contributed by atoms with Gasteiger partial charge in [-0.25, -0.2) is 4.98 Å². The van der Waals surface area contributed by atoms with Crippen molar-refractivity contribution >= 4 is 40.7 Å². The van der Waals surface area contributed by atoms with Gasteiger partial charge in [0.15, 0.2) is 5.82 Å². The fourth-order valence-electron chi connectivity index (χ4n) is 2.93. The van der Waals surface area contributed by atoms with Crippen LogP contribution in [0.4, 0.5) is 0 Å². The Balaban J connectivity index is 1.93. The molecule has 0 atom stereocenters. The van der Waals surface area contributed by atoms with Gasteiger partial charge < -0.3 is 9.84 Å². The summed E-state index contributed by atoms with van der Waals surface area (Å²) in [7, 11) is 0. The molecule has 1 N–H and O–H groups in total. The summed E-state index contributed by atoms with van der Waals surface area (Å²) in [6, 6.07) is 0. The number of hydrogen-bond acceptors (Lipinski definition) is 5. The van der Waals surface area contributed by atoms with Crippen LogP contribution in [0, 0.1) is 6.92 Å². The summed E-state index contributed by atoms with van der Waals surface area (Å²) in [4.78, 5) is 21.1. The number of carbonyl (C=O) groups excluding carboxylic acids is 1. The first-order valence-corrected chi connectivity index (χ1v) is 8.69. The summed E-state index contributed by atoms with van der Waals surface area (Å²) in [5.74, 6) is 0.488. The van der Waals surface area contributed by atoms with Gasteiger partial charge in [0.25, 0.3) is 5.91 Å². The molecule has 1 amide bonds. The number of nitrogens with one attached hydrogen (secondary N) is 1. The number of rotatable bonds is 3. The van der Waals surface area contributed by atoms with Crippen molar-refractivity contribution in [2.45, 2.75) is 44.6 Å². The van der Waals surface area contributed by atoms with Gasteiger partial charge in [-0.1, -0.05) is 59.2 Å². The molecular weight excluding hydrogens is 375 g/mol. The van der Waals surface area contributed by atoms with Crippen molar-refractivity contribution in [3.63, 3.8) is 0 Å². The van der Waals surface area contributed by atoms with Crippen molar-refractivity contribution in [2.75, 3.05) is 0 Å². The molecule has 1 saturated carbocycles. The van der Waals surface area contributed by atoms with Crippen LogP contribution in [-0.2, 0) is 5.54 Å². The largest absolute Gasteiger partial charge is 0.340 e. The van der Waals surface area contributed by atoms with Gasteiger partial charge in [-0.05, 0) is 12.8 Å². The SMILES string of the molecule is Cc1nc(C2(NC(=O)c3ncc(Cl)c(Cl)c3Cl)CCCCC2)no1. The molecule has 128 valence electrons. The Morgan fingerprint density at radius 3 is 2.54 bits per heavy atom. The second-order valence-corrected chi connectivity index (χ2v) is 6.98. The van der Waals surface area contributed by atoms with E-state index in [0.717, 1.165) is 32.1 Å². The fraction of sp³-hybridized carbons (Fsp3) is 0.467. The summed E-state index contributed by atoms with van der Waals surface area (Å²) in [5, 5.41) is 7.33. The molecule has 0 bridgehead atoms. The van der Waals surface area contributed by atoms with E-state index in [-0.39, 0.29) is 20.8 Å². The highest BCUT2D eigenvalue weighted by Gasteiger charge is 2.40. The van der Waals surface area contributed by atoms with Gasteiger partial charge >= 0.3 is 0 Å². The molecule has 3 rings (SSSR count). The van der Waals surface area contributed by atoms with E-state index in [1.165, 1.54) is 6.20 Å². The first-order chi connectivity index (χ1) is 11.4. The van der Waals surface area contributed by atoms with Crippen molar-refractivity contribution in [3.05, 3.63) is 38.7 Å². The molecule has 0 saturated heterocycles. The number of pyridine rings is 1. The molecule has 2 aromatic heterocycles. The summed E-state index contributed by atoms with van der Waals surface area (Å²) in [5.41, 5.74) is -0.666. The second-order valence-electron chi connectivity index (χ2n) is 5.82. The van der Waals surface area contributed by atoms with E-state index in [2.05, 4.69) is 20.4 Å². The van der Waals surface area contributed by atoms with Gasteiger partial charge in [-0.15, -0.1) is 0 Å². The lowest BCUT2D eigenvalue weighted by Gasteiger charge is -2.35. The minimum Gasteiger partial charge on any atom is -0.340 e. The molecule has 1 fully saturated rings. The lowest BCUT2D eigenvalue weighted by molar-refractivity contribution is 0.0850. The third-order valence-electron chi connectivity index (χ3n) is 4.15. The van der Waals surface area contributed by atoms with Crippen LogP contribution in [0.3, 0.4) is 0 Å². The Morgan fingerprint density at radius 2 is 1.92 bits per heavy atom. The molecule has 24 heavy (non-hydrogen) atoms. The number of nitrogens with zero attached hydrogens (tertiary/aromatic N) is 3. The Kier molecular flexibility index (Phi) is 4.99. The number of halogens is 3. The molecular formula is C15H15Cl3N4O2. The van der Waals surface area contributed by atoms with Crippen molar-refractivity contribution in [1.29, 1.82) is 0 Å². The lowest BCUT2D eigenvalue weighted by atomic mass is 9.81. The maximum absolute atomic E-state index is 12.7. The molecule has 2 aromatic rings. The molecule has 9 heteroatoms. The second kappa shape index (κ2) is 6.86. The van der Waals surface area contributed by atoms with Gasteiger partial charge in [0.05, 0.1) is 15.1 Å². The van der Waals surface area contributed by atoms with E-state index in [9.17, 15) is 4.79 Å². The maximum atomic E-state index is 12.7. The molecule has 0 spiro atoms. The van der Waals surface area contributed by atoms with Crippen LogP contribution in [0.5, 0.6) is 0 Å². The van der Waals surface area contributed by atoms with Crippen LogP contribution in [0.25, 0.3) is 0 Å². The normalized spacial score (nSPS) is 16.8. The van der Waals surface area contributed by atoms with Crippen molar-refractivity contribution in [3.8, 4) is 0 Å². The highest BCUT2D eigenvalue weighted by Crippen LogP contribution is 2.37. The highest BCUT2D eigenvalue weighted by atomic mass is 35.5. The van der Waals surface area contributed by atoms with Gasteiger partial charge in [0, 0.05) is 13.1 Å². The van der Waals surface area contributed by atoms with E-state index < -0.39 is 11.4 Å². The fourth-order valence-corrected chi connectivity index (χ4v) is 3.50. The average Bonchev–Trinajstić information content (AvgIpc) is 3.01. The van der Waals surface area contributed by atoms with Gasteiger partial charge in [0.2, 0.25) is 5.89 Å². The van der Waals surface area contributed by atoms with Crippen LogP contribution < -0.4 is 5.32 Å². The van der Waals surface area contributed by atoms with Crippen LogP contribution in [0.15, 0.2) is 10.7 Å². The van der Waals surface area contributed by atoms with Crippen LogP contribution in [0.1, 0.15) is 54.3 Å². The highest BCUT2D eigenvalue weighted by molar-refractivity contribution is 6.48. The number of amides is 1. The van der Waals surface area contributed by atoms with Crippen molar-refractivity contribution < 1.29 is 9.32 Å².